The van der Waals surface area contributed by atoms with Gasteiger partial charge in [-0.05, 0) is 0 Å². The quantitative estimate of drug-likeness (QED) is 0.254. The van der Waals surface area contributed by atoms with E-state index in [1.165, 1.54) is 0 Å². The first-order valence-corrected chi connectivity index (χ1v) is 7.86. The Balaban J connectivity index is -0.000000267. The number of hydrogen-bond acceptors (Lipinski definition) is 12. The second-order valence-electron chi connectivity index (χ2n) is 3.90. The Morgan fingerprint density at radius 3 is 1.72 bits per heavy atom. The van der Waals surface area contributed by atoms with Crippen molar-refractivity contribution >= 4 is 15.6 Å². The molecule has 25 heavy (non-hydrogen) atoms. The molecule has 0 amide bonds. The van der Waals surface area contributed by atoms with E-state index in [9.17, 15) is 44.0 Å². The molecule has 1 saturated heterocycles. The molecule has 1 fully saturated rings. The molecular formula is C6H12Na4O13P2. The van der Waals surface area contributed by atoms with Crippen LogP contribution >= 0.6 is 15.6 Å². The van der Waals surface area contributed by atoms with Crippen molar-refractivity contribution in [1.82, 2.24) is 0 Å². The van der Waals surface area contributed by atoms with Crippen LogP contribution in [0.4, 0.5) is 0 Å². The van der Waals surface area contributed by atoms with Gasteiger partial charge in [-0.25, -0.2) is 0 Å². The van der Waals surface area contributed by atoms with Crippen LogP contribution in [0.2, 0.25) is 0 Å². The van der Waals surface area contributed by atoms with Crippen molar-refractivity contribution in [3.05, 3.63) is 0 Å². The molecule has 13 nitrogen and oxygen atoms in total. The van der Waals surface area contributed by atoms with E-state index in [4.69, 9.17) is 0 Å². The van der Waals surface area contributed by atoms with Gasteiger partial charge in [0.1, 0.15) is 24.9 Å². The van der Waals surface area contributed by atoms with Crippen LogP contribution < -0.4 is 138 Å². The van der Waals surface area contributed by atoms with E-state index in [0.717, 1.165) is 0 Å². The molecule has 4 atom stereocenters. The van der Waals surface area contributed by atoms with Gasteiger partial charge in [0.15, 0.2) is 0 Å². The maximum Gasteiger partial charge on any atom is 1.00 e. The van der Waals surface area contributed by atoms with Gasteiger partial charge in [0, 0.05) is 0 Å². The second kappa shape index (κ2) is 15.8. The molecule has 1 aliphatic rings. The fourth-order valence-electron chi connectivity index (χ4n) is 1.46. The van der Waals surface area contributed by atoms with Gasteiger partial charge < -0.3 is 63.3 Å². The third kappa shape index (κ3) is 14.6. The fourth-order valence-corrected chi connectivity index (χ4v) is 2.13. The van der Waals surface area contributed by atoms with Crippen LogP contribution in [-0.2, 0) is 22.9 Å². The Bertz CT molecular complexity index is 444. The van der Waals surface area contributed by atoms with E-state index >= 15 is 0 Å². The molecule has 0 spiro atoms. The van der Waals surface area contributed by atoms with E-state index in [1.54, 1.807) is 0 Å². The molecule has 0 bridgehead atoms. The van der Waals surface area contributed by atoms with Gasteiger partial charge in [0.05, 0.1) is 22.3 Å². The van der Waals surface area contributed by atoms with Crippen LogP contribution in [0.25, 0.3) is 0 Å². The van der Waals surface area contributed by atoms with E-state index in [1.807, 2.05) is 0 Å². The zero-order valence-corrected chi connectivity index (χ0v) is 23.8. The van der Waals surface area contributed by atoms with Crippen LogP contribution in [0.5, 0.6) is 0 Å². The van der Waals surface area contributed by atoms with Crippen molar-refractivity contribution in [2.75, 3.05) is 13.2 Å². The van der Waals surface area contributed by atoms with E-state index in [0.29, 0.717) is 0 Å². The minimum Gasteiger partial charge on any atom is -0.790 e. The standard InChI is InChI=1S/C6H14O12P2.4Na.H2O/c7-4-3(1-16-19(10,11)12)18-6(9,5(4)8)2-17-20(13,14)15;;;;;/h3-5,7-9H,1-2H2,(H2,10,11,12)(H2,13,14,15);;;;;1H2/q;4*+1;/p-4/t3-,4-,5+,6-;;;;;/m1...../s1. The maximum absolute atomic E-state index is 10.3. The minimum absolute atomic E-state index is 0. The molecule has 19 heteroatoms. The van der Waals surface area contributed by atoms with Gasteiger partial charge in [0.2, 0.25) is 5.79 Å². The van der Waals surface area contributed by atoms with Crippen LogP contribution in [-0.4, -0.2) is 58.1 Å². The third-order valence-corrected chi connectivity index (χ3v) is 3.26. The number of rotatable bonds is 6. The van der Waals surface area contributed by atoms with Crippen molar-refractivity contribution < 1.29 is 182 Å². The van der Waals surface area contributed by atoms with Crippen molar-refractivity contribution in [1.29, 1.82) is 0 Å². The topological polar surface area (TPSA) is 246 Å². The van der Waals surface area contributed by atoms with Gasteiger partial charge in [0.25, 0.3) is 0 Å². The first-order chi connectivity index (χ1) is 8.84. The molecule has 5 N–H and O–H groups in total. The molecule has 0 radical (unpaired) electrons. The molecule has 1 heterocycles. The number of aliphatic hydroxyl groups is 3. The van der Waals surface area contributed by atoms with Gasteiger partial charge in [-0.3, -0.25) is 0 Å². The Labute approximate surface area is 231 Å². The SMILES string of the molecule is O.O=P([O-])([O-])OC[C@H]1O[C@](O)(COP(=O)([O-])[O-])[C@@H](O)[C@@H]1O.[Na+].[Na+].[Na+].[Na+]. The molecule has 0 aromatic carbocycles. The third-order valence-electron chi connectivity index (χ3n) is 2.35. The Morgan fingerprint density at radius 2 is 1.36 bits per heavy atom. The first-order valence-electron chi connectivity index (χ1n) is 4.93. The summed E-state index contributed by atoms with van der Waals surface area (Å²) in [6.45, 7) is -2.37. The predicted molar refractivity (Wildman–Crippen MR) is 52.6 cm³/mol. The van der Waals surface area contributed by atoms with Crippen molar-refractivity contribution in [2.45, 2.75) is 24.1 Å². The molecule has 1 rings (SSSR count). The molecule has 0 aromatic heterocycles. The van der Waals surface area contributed by atoms with Crippen molar-refractivity contribution in [3.63, 3.8) is 0 Å². The molecule has 0 aliphatic carbocycles. The summed E-state index contributed by atoms with van der Waals surface area (Å²) in [5.74, 6) is -2.78. The number of aliphatic hydroxyl groups excluding tert-OH is 2. The largest absolute Gasteiger partial charge is 1.00 e. The predicted octanol–water partition coefficient (Wildman–Crippen LogP) is -18.3. The molecule has 0 unspecified atom stereocenters. The summed E-state index contributed by atoms with van der Waals surface area (Å²) >= 11 is 0. The van der Waals surface area contributed by atoms with Crippen molar-refractivity contribution in [2.24, 2.45) is 0 Å². The van der Waals surface area contributed by atoms with E-state index in [-0.39, 0.29) is 124 Å². The first kappa shape index (κ1) is 39.5. The van der Waals surface area contributed by atoms with Crippen LogP contribution in [0.15, 0.2) is 0 Å². The number of phosphoric ester groups is 2. The molecular weight excluding hydrogens is 434 g/mol. The summed E-state index contributed by atoms with van der Waals surface area (Å²) in [6.07, 6.45) is -5.69. The van der Waals surface area contributed by atoms with Crippen LogP contribution in [0.1, 0.15) is 0 Å². The van der Waals surface area contributed by atoms with E-state index in [2.05, 4.69) is 13.8 Å². The Morgan fingerprint density at radius 1 is 0.960 bits per heavy atom. The molecule has 0 aromatic rings. The summed E-state index contributed by atoms with van der Waals surface area (Å²) in [5.41, 5.74) is 0. The number of phosphoric acid groups is 2. The zero-order chi connectivity index (χ0) is 15.8. The van der Waals surface area contributed by atoms with Crippen LogP contribution in [0, 0.1) is 0 Å². The number of ether oxygens (including phenoxy) is 1. The van der Waals surface area contributed by atoms with E-state index < -0.39 is 53.0 Å². The normalized spacial score (nSPS) is 28.4. The summed E-state index contributed by atoms with van der Waals surface area (Å²) in [5, 5.41) is 28.5. The average Bonchev–Trinajstić information content (AvgIpc) is 2.48. The maximum atomic E-state index is 10.3. The van der Waals surface area contributed by atoms with Gasteiger partial charge in [-0.1, -0.05) is 0 Å². The van der Waals surface area contributed by atoms with Crippen LogP contribution in [0.3, 0.4) is 0 Å². The second-order valence-corrected chi connectivity index (χ2v) is 6.21. The molecule has 1 aliphatic heterocycles. The van der Waals surface area contributed by atoms with Gasteiger partial charge in [-0.15, -0.1) is 0 Å². The van der Waals surface area contributed by atoms with Gasteiger partial charge >= 0.3 is 118 Å². The minimum atomic E-state index is -5.48. The molecule has 128 valence electrons. The molecule has 0 saturated carbocycles. The fraction of sp³-hybridized carbons (Fsp3) is 1.00. The monoisotopic (exact) mass is 446 g/mol. The zero-order valence-electron chi connectivity index (χ0n) is 14.1. The van der Waals surface area contributed by atoms with Crippen molar-refractivity contribution in [3.8, 4) is 0 Å². The summed E-state index contributed by atoms with van der Waals surface area (Å²) in [4.78, 5) is 41.0. The summed E-state index contributed by atoms with van der Waals surface area (Å²) in [6, 6.07) is 0. The smallest absolute Gasteiger partial charge is 0.790 e. The summed E-state index contributed by atoms with van der Waals surface area (Å²) < 4.78 is 32.6. The average molecular weight is 446 g/mol. The summed E-state index contributed by atoms with van der Waals surface area (Å²) in [7, 11) is -10.9. The Kier molecular flexibility index (Phi) is 24.9. The Hall–Kier alpha value is 4.02. The number of hydrogen-bond donors (Lipinski definition) is 3. The van der Waals surface area contributed by atoms with Gasteiger partial charge in [-0.2, -0.15) is 0 Å².